The lowest BCUT2D eigenvalue weighted by Crippen LogP contribution is -2.42. The van der Waals surface area contributed by atoms with E-state index in [2.05, 4.69) is 20.9 Å². The van der Waals surface area contributed by atoms with Crippen molar-refractivity contribution >= 4 is 12.1 Å². The molecule has 3 N–H and O–H groups in total. The number of guanidine groups is 1. The van der Waals surface area contributed by atoms with Gasteiger partial charge in [0.05, 0.1) is 13.7 Å². The normalized spacial score (nSPS) is 11.6. The summed E-state index contributed by atoms with van der Waals surface area (Å²) in [4.78, 5) is 16.1. The number of benzene rings is 1. The number of carbonyl (C=O) groups excluding carboxylic acids is 1. The molecule has 1 aromatic rings. The highest BCUT2D eigenvalue weighted by Gasteiger charge is 2.15. The van der Waals surface area contributed by atoms with E-state index in [1.54, 1.807) is 7.11 Å². The fourth-order valence-electron chi connectivity index (χ4n) is 1.94. The molecule has 1 aromatic carbocycles. The molecule has 0 aromatic heterocycles. The zero-order valence-corrected chi connectivity index (χ0v) is 15.8. The number of ether oxygens (including phenoxy) is 2. The van der Waals surface area contributed by atoms with Crippen molar-refractivity contribution in [2.45, 2.75) is 39.8 Å². The van der Waals surface area contributed by atoms with Crippen molar-refractivity contribution in [1.82, 2.24) is 16.0 Å². The maximum absolute atomic E-state index is 11.6. The Morgan fingerprint density at radius 3 is 2.52 bits per heavy atom. The molecule has 0 aliphatic heterocycles. The summed E-state index contributed by atoms with van der Waals surface area (Å²) in [7, 11) is 1.64. The van der Waals surface area contributed by atoms with E-state index in [1.807, 2.05) is 52.0 Å². The highest BCUT2D eigenvalue weighted by atomic mass is 16.6. The lowest BCUT2D eigenvalue weighted by atomic mass is 10.2. The Bertz CT molecular complexity index is 568. The summed E-state index contributed by atoms with van der Waals surface area (Å²) in [6.07, 6.45) is -0.423. The molecule has 7 heteroatoms. The van der Waals surface area contributed by atoms with Crippen LogP contribution in [0, 0.1) is 0 Å². The van der Waals surface area contributed by atoms with E-state index in [-0.39, 0.29) is 0 Å². The summed E-state index contributed by atoms with van der Waals surface area (Å²) >= 11 is 0. The van der Waals surface area contributed by atoms with Crippen LogP contribution < -0.4 is 20.7 Å². The maximum Gasteiger partial charge on any atom is 0.407 e. The number of alkyl carbamates (subject to hydrolysis) is 1. The quantitative estimate of drug-likeness (QED) is 0.399. The Morgan fingerprint density at radius 1 is 1.16 bits per heavy atom. The Kier molecular flexibility index (Phi) is 8.60. The molecule has 0 aliphatic carbocycles. The van der Waals surface area contributed by atoms with Crippen LogP contribution in [-0.4, -0.2) is 44.4 Å². The summed E-state index contributed by atoms with van der Waals surface area (Å²) in [6.45, 7) is 9.77. The SMILES string of the molecule is CCNC(=NCc1cccc(OC)c1)NCCNC(=O)OC(C)(C)C. The second-order valence-electron chi connectivity index (χ2n) is 6.40. The van der Waals surface area contributed by atoms with Gasteiger partial charge in [0.15, 0.2) is 5.96 Å². The number of nitrogens with zero attached hydrogens (tertiary/aromatic N) is 1. The van der Waals surface area contributed by atoms with Gasteiger partial charge < -0.3 is 25.4 Å². The molecule has 0 atom stereocenters. The van der Waals surface area contributed by atoms with E-state index < -0.39 is 11.7 Å². The van der Waals surface area contributed by atoms with E-state index in [1.165, 1.54) is 0 Å². The van der Waals surface area contributed by atoms with Gasteiger partial charge >= 0.3 is 6.09 Å². The monoisotopic (exact) mass is 350 g/mol. The fourth-order valence-corrected chi connectivity index (χ4v) is 1.94. The highest BCUT2D eigenvalue weighted by Crippen LogP contribution is 2.13. The topological polar surface area (TPSA) is 84.0 Å². The molecule has 1 rings (SSSR count). The van der Waals surface area contributed by atoms with Crippen molar-refractivity contribution in [3.8, 4) is 5.75 Å². The summed E-state index contributed by atoms with van der Waals surface area (Å²) in [5.41, 5.74) is 0.563. The van der Waals surface area contributed by atoms with Gasteiger partial charge in [0.25, 0.3) is 0 Å². The van der Waals surface area contributed by atoms with Crippen LogP contribution in [0.1, 0.15) is 33.3 Å². The van der Waals surface area contributed by atoms with Gasteiger partial charge in [-0.05, 0) is 45.4 Å². The molecule has 25 heavy (non-hydrogen) atoms. The lowest BCUT2D eigenvalue weighted by molar-refractivity contribution is 0.0529. The molecule has 1 amide bonds. The first-order valence-electron chi connectivity index (χ1n) is 8.46. The first-order chi connectivity index (χ1) is 11.8. The highest BCUT2D eigenvalue weighted by molar-refractivity contribution is 5.79. The van der Waals surface area contributed by atoms with Gasteiger partial charge in [0.2, 0.25) is 0 Å². The van der Waals surface area contributed by atoms with Crippen molar-refractivity contribution in [1.29, 1.82) is 0 Å². The van der Waals surface area contributed by atoms with Crippen LogP contribution in [0.25, 0.3) is 0 Å². The van der Waals surface area contributed by atoms with E-state index >= 15 is 0 Å². The van der Waals surface area contributed by atoms with E-state index in [0.717, 1.165) is 17.9 Å². The number of nitrogens with one attached hydrogen (secondary N) is 3. The summed E-state index contributed by atoms with van der Waals surface area (Å²) in [5, 5.41) is 9.05. The number of aliphatic imine (C=N–C) groups is 1. The third-order valence-electron chi connectivity index (χ3n) is 2.98. The standard InChI is InChI=1S/C18H30N4O3/c1-6-19-16(20-10-11-21-17(23)25-18(2,3)4)22-13-14-8-7-9-15(12-14)24-5/h7-9,12H,6,10-11,13H2,1-5H3,(H,21,23)(H2,19,20,22). The van der Waals surface area contributed by atoms with E-state index in [0.29, 0.717) is 25.6 Å². The van der Waals surface area contributed by atoms with Crippen LogP contribution in [0.3, 0.4) is 0 Å². The van der Waals surface area contributed by atoms with E-state index in [4.69, 9.17) is 9.47 Å². The molecule has 0 heterocycles. The van der Waals surface area contributed by atoms with Crippen molar-refractivity contribution < 1.29 is 14.3 Å². The molecule has 7 nitrogen and oxygen atoms in total. The number of amides is 1. The first kappa shape index (κ1) is 20.6. The van der Waals surface area contributed by atoms with Gasteiger partial charge in [-0.15, -0.1) is 0 Å². The van der Waals surface area contributed by atoms with Gasteiger partial charge in [-0.2, -0.15) is 0 Å². The third kappa shape index (κ3) is 9.44. The summed E-state index contributed by atoms with van der Waals surface area (Å²) in [6, 6.07) is 7.80. The second kappa shape index (κ2) is 10.4. The van der Waals surface area contributed by atoms with Crippen LogP contribution in [0.2, 0.25) is 0 Å². The molecule has 140 valence electrons. The number of carbonyl (C=O) groups is 1. The molecule has 0 fully saturated rings. The van der Waals surface area contributed by atoms with Crippen LogP contribution in [0.4, 0.5) is 4.79 Å². The van der Waals surface area contributed by atoms with Crippen molar-refractivity contribution in [2.24, 2.45) is 4.99 Å². The van der Waals surface area contributed by atoms with Crippen LogP contribution in [0.15, 0.2) is 29.3 Å². The molecule has 0 saturated heterocycles. The minimum Gasteiger partial charge on any atom is -0.497 e. The molecule has 0 spiro atoms. The zero-order valence-electron chi connectivity index (χ0n) is 15.8. The predicted molar refractivity (Wildman–Crippen MR) is 100 cm³/mol. The first-order valence-corrected chi connectivity index (χ1v) is 8.46. The lowest BCUT2D eigenvalue weighted by Gasteiger charge is -2.19. The largest absolute Gasteiger partial charge is 0.497 e. The number of hydrogen-bond donors (Lipinski definition) is 3. The summed E-state index contributed by atoms with van der Waals surface area (Å²) in [5.74, 6) is 1.50. The smallest absolute Gasteiger partial charge is 0.407 e. The van der Waals surface area contributed by atoms with Gasteiger partial charge in [-0.3, -0.25) is 0 Å². The zero-order chi connectivity index (χ0) is 18.7. The number of hydrogen-bond acceptors (Lipinski definition) is 4. The Morgan fingerprint density at radius 2 is 1.88 bits per heavy atom. The average molecular weight is 350 g/mol. The summed E-state index contributed by atoms with van der Waals surface area (Å²) < 4.78 is 10.4. The Hall–Kier alpha value is -2.44. The van der Waals surface area contributed by atoms with Crippen LogP contribution in [-0.2, 0) is 11.3 Å². The minimum absolute atomic E-state index is 0.423. The van der Waals surface area contributed by atoms with Crippen LogP contribution >= 0.6 is 0 Å². The molecule has 0 radical (unpaired) electrons. The van der Waals surface area contributed by atoms with Gasteiger partial charge in [-0.25, -0.2) is 9.79 Å². The molecule has 0 bridgehead atoms. The van der Waals surface area contributed by atoms with Gasteiger partial charge in [0.1, 0.15) is 11.4 Å². The Balaban J connectivity index is 2.44. The number of rotatable bonds is 7. The fraction of sp³-hybridized carbons (Fsp3) is 0.556. The molecule has 0 unspecified atom stereocenters. The number of methoxy groups -OCH3 is 1. The van der Waals surface area contributed by atoms with Gasteiger partial charge in [-0.1, -0.05) is 12.1 Å². The Labute approximate surface area is 150 Å². The molecular weight excluding hydrogens is 320 g/mol. The predicted octanol–water partition coefficient (Wildman–Crippen LogP) is 2.28. The van der Waals surface area contributed by atoms with E-state index in [9.17, 15) is 4.79 Å². The van der Waals surface area contributed by atoms with Crippen molar-refractivity contribution in [3.63, 3.8) is 0 Å². The third-order valence-corrected chi connectivity index (χ3v) is 2.98. The average Bonchev–Trinajstić information content (AvgIpc) is 2.55. The maximum atomic E-state index is 11.6. The second-order valence-corrected chi connectivity index (χ2v) is 6.40. The molecule has 0 saturated carbocycles. The van der Waals surface area contributed by atoms with Crippen molar-refractivity contribution in [3.05, 3.63) is 29.8 Å². The van der Waals surface area contributed by atoms with Crippen molar-refractivity contribution in [2.75, 3.05) is 26.7 Å². The molecular formula is C18H30N4O3. The minimum atomic E-state index is -0.495. The molecule has 0 aliphatic rings. The van der Waals surface area contributed by atoms with Gasteiger partial charge in [0, 0.05) is 19.6 Å². The van der Waals surface area contributed by atoms with Crippen LogP contribution in [0.5, 0.6) is 5.75 Å².